The molecule has 1 atom stereocenters. The minimum Gasteiger partial charge on any atom is -0.497 e. The summed E-state index contributed by atoms with van der Waals surface area (Å²) in [6, 6.07) is 13.2. The van der Waals surface area contributed by atoms with Crippen molar-refractivity contribution in [1.82, 2.24) is 25.8 Å². The summed E-state index contributed by atoms with van der Waals surface area (Å²) in [6.45, 7) is 1.74. The van der Waals surface area contributed by atoms with Gasteiger partial charge >= 0.3 is 0 Å². The second kappa shape index (κ2) is 9.20. The quantitative estimate of drug-likeness (QED) is 0.551. The Labute approximate surface area is 172 Å². The van der Waals surface area contributed by atoms with Crippen molar-refractivity contribution in [1.29, 1.82) is 0 Å². The van der Waals surface area contributed by atoms with Gasteiger partial charge in [-0.2, -0.15) is 5.10 Å². The third kappa shape index (κ3) is 5.11. The van der Waals surface area contributed by atoms with Gasteiger partial charge in [0.25, 0.3) is 5.91 Å². The zero-order valence-corrected chi connectivity index (χ0v) is 16.7. The first-order chi connectivity index (χ1) is 14.0. The van der Waals surface area contributed by atoms with Crippen LogP contribution in [0.25, 0.3) is 11.4 Å². The fourth-order valence-electron chi connectivity index (χ4n) is 2.55. The molecule has 3 N–H and O–H groups in total. The van der Waals surface area contributed by atoms with Crippen LogP contribution in [0.3, 0.4) is 0 Å². The average molecular weight is 414 g/mol. The zero-order chi connectivity index (χ0) is 20.8. The van der Waals surface area contributed by atoms with Crippen molar-refractivity contribution >= 4 is 23.4 Å². The van der Waals surface area contributed by atoms with Crippen LogP contribution in [0.5, 0.6) is 5.75 Å². The lowest BCUT2D eigenvalue weighted by atomic mass is 10.2. The Hall–Kier alpha value is -3.39. The largest absolute Gasteiger partial charge is 0.497 e. The highest BCUT2D eigenvalue weighted by Crippen LogP contribution is 2.19. The topological polar surface area (TPSA) is 109 Å². The number of aromatic amines is 1. The van der Waals surface area contributed by atoms with Gasteiger partial charge in [-0.25, -0.2) is 4.98 Å². The molecule has 1 heterocycles. The highest BCUT2D eigenvalue weighted by Gasteiger charge is 2.18. The van der Waals surface area contributed by atoms with Gasteiger partial charge in [0.1, 0.15) is 17.6 Å². The van der Waals surface area contributed by atoms with E-state index in [0.717, 1.165) is 11.3 Å². The number of carbonyl (C=O) groups is 2. The maximum absolute atomic E-state index is 12.3. The molecule has 29 heavy (non-hydrogen) atoms. The summed E-state index contributed by atoms with van der Waals surface area (Å²) in [5.41, 5.74) is 1.13. The summed E-state index contributed by atoms with van der Waals surface area (Å²) < 4.78 is 5.13. The van der Waals surface area contributed by atoms with Crippen LogP contribution in [0, 0.1) is 0 Å². The number of hydrogen-bond acceptors (Lipinski definition) is 5. The number of hydrogen-bond donors (Lipinski definition) is 3. The Morgan fingerprint density at radius 3 is 2.59 bits per heavy atom. The van der Waals surface area contributed by atoms with Crippen LogP contribution in [0.1, 0.15) is 23.1 Å². The number of aromatic nitrogens is 3. The van der Waals surface area contributed by atoms with Gasteiger partial charge in [-0.05, 0) is 43.3 Å². The summed E-state index contributed by atoms with van der Waals surface area (Å²) in [6.07, 6.45) is 0. The van der Waals surface area contributed by atoms with Crippen molar-refractivity contribution in [2.24, 2.45) is 0 Å². The molecule has 0 bridgehead atoms. The summed E-state index contributed by atoms with van der Waals surface area (Å²) in [7, 11) is 1.60. The predicted octanol–water partition coefficient (Wildman–Crippen LogP) is 2.57. The Morgan fingerprint density at radius 2 is 1.90 bits per heavy atom. The lowest BCUT2D eigenvalue weighted by Crippen LogP contribution is -2.44. The van der Waals surface area contributed by atoms with Crippen LogP contribution >= 0.6 is 11.6 Å². The number of carbonyl (C=O) groups excluding carboxylic acids is 2. The average Bonchev–Trinajstić information content (AvgIpc) is 3.21. The molecule has 0 radical (unpaired) electrons. The lowest BCUT2D eigenvalue weighted by molar-refractivity contribution is -0.122. The number of benzene rings is 2. The molecule has 1 unspecified atom stereocenters. The fourth-order valence-corrected chi connectivity index (χ4v) is 2.77. The molecule has 2 amide bonds. The molecule has 0 aliphatic heterocycles. The molecule has 9 heteroatoms. The molecule has 1 aromatic heterocycles. The minimum absolute atomic E-state index is 0.147. The molecular formula is C20H20ClN5O3. The third-order valence-corrected chi connectivity index (χ3v) is 4.50. The van der Waals surface area contributed by atoms with Gasteiger partial charge in [-0.3, -0.25) is 14.7 Å². The van der Waals surface area contributed by atoms with E-state index in [1.54, 1.807) is 38.3 Å². The second-order valence-corrected chi connectivity index (χ2v) is 6.63. The number of halogens is 1. The predicted molar refractivity (Wildman–Crippen MR) is 109 cm³/mol. The number of ether oxygens (including phenoxy) is 1. The molecule has 0 saturated carbocycles. The Balaban J connectivity index is 1.54. The molecule has 0 fully saturated rings. The molecule has 0 aliphatic rings. The summed E-state index contributed by atoms with van der Waals surface area (Å²) in [5.74, 6) is 0.975. The second-order valence-electron chi connectivity index (χ2n) is 6.23. The number of H-pyrrole nitrogens is 1. The number of nitrogens with one attached hydrogen (secondary N) is 3. The molecule has 3 rings (SSSR count). The number of rotatable bonds is 7. The summed E-state index contributed by atoms with van der Waals surface area (Å²) >= 11 is 6.01. The number of amides is 2. The Morgan fingerprint density at radius 1 is 1.17 bits per heavy atom. The lowest BCUT2D eigenvalue weighted by Gasteiger charge is -2.14. The van der Waals surface area contributed by atoms with Crippen LogP contribution in [0.4, 0.5) is 0 Å². The van der Waals surface area contributed by atoms with E-state index in [1.807, 2.05) is 24.3 Å². The van der Waals surface area contributed by atoms with Crippen LogP contribution in [-0.2, 0) is 11.3 Å². The first-order valence-corrected chi connectivity index (χ1v) is 9.24. The fraction of sp³-hybridized carbons (Fsp3) is 0.200. The Bertz CT molecular complexity index is 1000. The van der Waals surface area contributed by atoms with E-state index in [-0.39, 0.29) is 12.5 Å². The van der Waals surface area contributed by atoms with Gasteiger partial charge in [-0.1, -0.05) is 23.7 Å². The number of nitrogens with zero attached hydrogens (tertiary/aromatic N) is 2. The molecule has 150 valence electrons. The maximum Gasteiger partial charge on any atom is 0.253 e. The van der Waals surface area contributed by atoms with Crippen LogP contribution in [-0.4, -0.2) is 40.1 Å². The van der Waals surface area contributed by atoms with Crippen molar-refractivity contribution in [2.75, 3.05) is 7.11 Å². The van der Waals surface area contributed by atoms with E-state index < -0.39 is 11.9 Å². The third-order valence-electron chi connectivity index (χ3n) is 4.17. The van der Waals surface area contributed by atoms with Crippen molar-refractivity contribution < 1.29 is 14.3 Å². The van der Waals surface area contributed by atoms with Crippen molar-refractivity contribution in [2.45, 2.75) is 19.5 Å². The summed E-state index contributed by atoms with van der Waals surface area (Å²) in [5, 5.41) is 12.6. The van der Waals surface area contributed by atoms with Crippen molar-refractivity contribution in [3.8, 4) is 17.1 Å². The molecule has 0 spiro atoms. The molecule has 3 aromatic rings. The normalized spacial score (nSPS) is 11.6. The van der Waals surface area contributed by atoms with E-state index in [9.17, 15) is 9.59 Å². The molecule has 8 nitrogen and oxygen atoms in total. The van der Waals surface area contributed by atoms with E-state index in [2.05, 4.69) is 25.8 Å². The first-order valence-electron chi connectivity index (χ1n) is 8.86. The number of methoxy groups -OCH3 is 1. The molecule has 0 aliphatic carbocycles. The first kappa shape index (κ1) is 20.3. The van der Waals surface area contributed by atoms with E-state index in [0.29, 0.717) is 22.2 Å². The summed E-state index contributed by atoms with van der Waals surface area (Å²) in [4.78, 5) is 28.9. The SMILES string of the molecule is COc1ccc(-c2n[nH]c(CNC(=O)C(C)NC(=O)c3ccccc3Cl)n2)cc1. The highest BCUT2D eigenvalue weighted by molar-refractivity contribution is 6.33. The van der Waals surface area contributed by atoms with Gasteiger partial charge in [0.2, 0.25) is 5.91 Å². The van der Waals surface area contributed by atoms with E-state index >= 15 is 0 Å². The van der Waals surface area contributed by atoms with Gasteiger partial charge in [0.15, 0.2) is 5.82 Å². The van der Waals surface area contributed by atoms with E-state index in [1.165, 1.54) is 0 Å². The Kier molecular flexibility index (Phi) is 6.46. The van der Waals surface area contributed by atoms with Gasteiger partial charge in [-0.15, -0.1) is 0 Å². The van der Waals surface area contributed by atoms with Crippen molar-refractivity contribution in [3.05, 3.63) is 64.9 Å². The molecule has 2 aromatic carbocycles. The standard InChI is InChI=1S/C20H20ClN5O3/c1-12(23-20(28)15-5-3-4-6-16(15)21)19(27)22-11-17-24-18(26-25-17)13-7-9-14(29-2)10-8-13/h3-10,12H,11H2,1-2H3,(H,22,27)(H,23,28)(H,24,25,26). The smallest absolute Gasteiger partial charge is 0.253 e. The van der Waals surface area contributed by atoms with Crippen molar-refractivity contribution in [3.63, 3.8) is 0 Å². The van der Waals surface area contributed by atoms with Gasteiger partial charge in [0.05, 0.1) is 24.2 Å². The molecular weight excluding hydrogens is 394 g/mol. The van der Waals surface area contributed by atoms with Crippen LogP contribution < -0.4 is 15.4 Å². The maximum atomic E-state index is 12.3. The monoisotopic (exact) mass is 413 g/mol. The van der Waals surface area contributed by atoms with Gasteiger partial charge < -0.3 is 15.4 Å². The van der Waals surface area contributed by atoms with Gasteiger partial charge in [0, 0.05) is 5.56 Å². The highest BCUT2D eigenvalue weighted by atomic mass is 35.5. The molecule has 0 saturated heterocycles. The minimum atomic E-state index is -0.747. The van der Waals surface area contributed by atoms with Crippen LogP contribution in [0.15, 0.2) is 48.5 Å². The zero-order valence-electron chi connectivity index (χ0n) is 15.9. The van der Waals surface area contributed by atoms with Crippen LogP contribution in [0.2, 0.25) is 5.02 Å². The van der Waals surface area contributed by atoms with E-state index in [4.69, 9.17) is 16.3 Å².